The van der Waals surface area contributed by atoms with Crippen molar-refractivity contribution in [3.05, 3.63) is 35.9 Å². The third kappa shape index (κ3) is 2.50. The normalized spacial score (nSPS) is 38.8. The van der Waals surface area contributed by atoms with E-state index < -0.39 is 0 Å². The Morgan fingerprint density at radius 2 is 1.86 bits per heavy atom. The van der Waals surface area contributed by atoms with Crippen LogP contribution in [0.1, 0.15) is 37.7 Å². The van der Waals surface area contributed by atoms with Crippen molar-refractivity contribution in [1.82, 2.24) is 5.32 Å². The highest BCUT2D eigenvalue weighted by atomic mass is 16.5. The predicted octanol–water partition coefficient (Wildman–Crippen LogP) is 2.82. The molecular weight excluding hydrogens is 276 g/mol. The molecule has 4 bridgehead atoms. The Balaban J connectivity index is 1.38. The first-order valence-electron chi connectivity index (χ1n) is 8.38. The number of alkyl carbamates (subject to hydrolysis) is 1. The fourth-order valence-electron chi connectivity index (χ4n) is 5.19. The molecule has 0 aliphatic heterocycles. The van der Waals surface area contributed by atoms with Gasteiger partial charge in [0.2, 0.25) is 0 Å². The van der Waals surface area contributed by atoms with E-state index >= 15 is 0 Å². The summed E-state index contributed by atoms with van der Waals surface area (Å²) in [6.07, 6.45) is 5.39. The van der Waals surface area contributed by atoms with Gasteiger partial charge in [0.1, 0.15) is 6.61 Å². The van der Waals surface area contributed by atoms with Gasteiger partial charge in [-0.15, -0.1) is 0 Å². The van der Waals surface area contributed by atoms with Crippen molar-refractivity contribution in [3.8, 4) is 0 Å². The third-order valence-corrected chi connectivity index (χ3v) is 5.93. The number of rotatable bonds is 3. The summed E-state index contributed by atoms with van der Waals surface area (Å²) >= 11 is 0. The molecule has 1 amide bonds. The Morgan fingerprint density at radius 3 is 2.55 bits per heavy atom. The van der Waals surface area contributed by atoms with Crippen molar-refractivity contribution in [1.29, 1.82) is 0 Å². The lowest BCUT2D eigenvalue weighted by atomic mass is 9.51. The number of nitrogens with two attached hydrogens (primary N) is 1. The van der Waals surface area contributed by atoms with Gasteiger partial charge in [-0.05, 0) is 55.4 Å². The van der Waals surface area contributed by atoms with Crippen molar-refractivity contribution < 1.29 is 9.53 Å². The molecule has 0 aromatic heterocycles. The molecule has 4 nitrogen and oxygen atoms in total. The lowest BCUT2D eigenvalue weighted by Crippen LogP contribution is -2.65. The number of hydrogen-bond acceptors (Lipinski definition) is 3. The molecule has 1 aromatic carbocycles. The largest absolute Gasteiger partial charge is 0.445 e. The highest BCUT2D eigenvalue weighted by Crippen LogP contribution is 2.55. The van der Waals surface area contributed by atoms with Gasteiger partial charge in [0.25, 0.3) is 0 Å². The predicted molar refractivity (Wildman–Crippen MR) is 84.0 cm³/mol. The van der Waals surface area contributed by atoms with Crippen LogP contribution in [0.5, 0.6) is 0 Å². The van der Waals surface area contributed by atoms with Crippen LogP contribution < -0.4 is 11.1 Å². The van der Waals surface area contributed by atoms with Crippen LogP contribution in [0.25, 0.3) is 0 Å². The van der Waals surface area contributed by atoms with Crippen LogP contribution in [0.4, 0.5) is 4.79 Å². The monoisotopic (exact) mass is 300 g/mol. The summed E-state index contributed by atoms with van der Waals surface area (Å²) in [7, 11) is 0. The molecule has 0 saturated heterocycles. The molecule has 1 aromatic rings. The van der Waals surface area contributed by atoms with Crippen molar-refractivity contribution in [2.75, 3.05) is 0 Å². The number of benzene rings is 1. The first-order valence-corrected chi connectivity index (χ1v) is 8.38. The van der Waals surface area contributed by atoms with Crippen LogP contribution >= 0.6 is 0 Å². The van der Waals surface area contributed by atoms with E-state index in [1.165, 1.54) is 12.8 Å². The van der Waals surface area contributed by atoms with E-state index in [0.29, 0.717) is 24.5 Å². The molecule has 4 saturated carbocycles. The molecule has 5 rings (SSSR count). The van der Waals surface area contributed by atoms with Crippen molar-refractivity contribution in [2.45, 2.75) is 50.3 Å². The van der Waals surface area contributed by atoms with Crippen molar-refractivity contribution in [2.24, 2.45) is 23.5 Å². The highest BCUT2D eigenvalue weighted by molar-refractivity contribution is 5.68. The maximum absolute atomic E-state index is 12.2. The summed E-state index contributed by atoms with van der Waals surface area (Å²) in [6, 6.07) is 10.1. The number of carbonyl (C=O) groups excluding carboxylic acids is 1. The minimum Gasteiger partial charge on any atom is -0.445 e. The number of ether oxygens (including phenoxy) is 1. The summed E-state index contributed by atoms with van der Waals surface area (Å²) in [5, 5.41) is 3.20. The first kappa shape index (κ1) is 14.1. The van der Waals surface area contributed by atoms with Crippen LogP contribution in [-0.2, 0) is 11.3 Å². The van der Waals surface area contributed by atoms with Gasteiger partial charge >= 0.3 is 6.09 Å². The zero-order chi connectivity index (χ0) is 15.2. The Hall–Kier alpha value is -1.55. The second kappa shape index (κ2) is 5.27. The first-order chi connectivity index (χ1) is 10.6. The summed E-state index contributed by atoms with van der Waals surface area (Å²) in [6.45, 7) is 0.332. The molecular formula is C18H24N2O2. The topological polar surface area (TPSA) is 64.3 Å². The number of hydrogen-bond donors (Lipinski definition) is 2. The van der Waals surface area contributed by atoms with Crippen LogP contribution in [-0.4, -0.2) is 17.7 Å². The molecule has 4 aliphatic rings. The quantitative estimate of drug-likeness (QED) is 0.902. The fraction of sp³-hybridized carbons (Fsp3) is 0.611. The average Bonchev–Trinajstić information content (AvgIpc) is 2.50. The van der Waals surface area contributed by atoms with Crippen LogP contribution in [0.15, 0.2) is 30.3 Å². The molecule has 22 heavy (non-hydrogen) atoms. The van der Waals surface area contributed by atoms with Crippen molar-refractivity contribution >= 4 is 6.09 Å². The molecule has 0 heterocycles. The van der Waals surface area contributed by atoms with Gasteiger partial charge in [0, 0.05) is 11.6 Å². The zero-order valence-electron chi connectivity index (χ0n) is 12.8. The number of amides is 1. The second-order valence-corrected chi connectivity index (χ2v) is 7.51. The standard InChI is InChI=1S/C18H24N2O2/c19-16-14-6-13-7-15(16)10-18(8-13,9-14)20-17(21)22-11-12-4-2-1-3-5-12/h1-5,13-16H,6-11,19H2,(H,20,21)/t13?,14?,15?,16-,18+. The summed E-state index contributed by atoms with van der Waals surface area (Å²) in [5.41, 5.74) is 7.31. The molecule has 3 N–H and O–H groups in total. The van der Waals surface area contributed by atoms with E-state index in [9.17, 15) is 4.79 Å². The molecule has 4 aliphatic carbocycles. The van der Waals surface area contributed by atoms with Crippen LogP contribution in [0.2, 0.25) is 0 Å². The van der Waals surface area contributed by atoms with Gasteiger partial charge in [0.15, 0.2) is 0 Å². The van der Waals surface area contributed by atoms with E-state index in [1.807, 2.05) is 30.3 Å². The maximum atomic E-state index is 12.2. The fourth-order valence-corrected chi connectivity index (χ4v) is 5.19. The Labute approximate surface area is 131 Å². The highest BCUT2D eigenvalue weighted by Gasteiger charge is 2.55. The minimum absolute atomic E-state index is 0.0554. The van der Waals surface area contributed by atoms with E-state index in [0.717, 1.165) is 30.7 Å². The number of nitrogens with one attached hydrogen (secondary N) is 1. The molecule has 4 fully saturated rings. The van der Waals surface area contributed by atoms with E-state index in [-0.39, 0.29) is 11.6 Å². The maximum Gasteiger partial charge on any atom is 0.407 e. The summed E-state index contributed by atoms with van der Waals surface area (Å²) in [5.74, 6) is 1.91. The van der Waals surface area contributed by atoms with Crippen LogP contribution in [0, 0.1) is 17.8 Å². The van der Waals surface area contributed by atoms with Gasteiger partial charge in [-0.25, -0.2) is 4.79 Å². The molecule has 118 valence electrons. The third-order valence-electron chi connectivity index (χ3n) is 5.93. The lowest BCUT2D eigenvalue weighted by molar-refractivity contribution is -0.0347. The molecule has 2 unspecified atom stereocenters. The lowest BCUT2D eigenvalue weighted by Gasteiger charge is -2.59. The smallest absolute Gasteiger partial charge is 0.407 e. The van der Waals surface area contributed by atoms with Gasteiger partial charge in [-0.2, -0.15) is 0 Å². The van der Waals surface area contributed by atoms with Gasteiger partial charge in [0.05, 0.1) is 0 Å². The van der Waals surface area contributed by atoms with Crippen LogP contribution in [0.3, 0.4) is 0 Å². The van der Waals surface area contributed by atoms with Gasteiger partial charge in [-0.1, -0.05) is 30.3 Å². The Kier molecular flexibility index (Phi) is 3.37. The van der Waals surface area contributed by atoms with Gasteiger partial charge < -0.3 is 15.8 Å². The molecule has 4 heteroatoms. The Bertz CT molecular complexity index is 543. The zero-order valence-corrected chi connectivity index (χ0v) is 12.8. The van der Waals surface area contributed by atoms with E-state index in [4.69, 9.17) is 10.5 Å². The average molecular weight is 300 g/mol. The minimum atomic E-state index is -0.278. The Morgan fingerprint density at radius 1 is 1.18 bits per heavy atom. The van der Waals surface area contributed by atoms with Crippen molar-refractivity contribution in [3.63, 3.8) is 0 Å². The summed E-state index contributed by atoms with van der Waals surface area (Å²) < 4.78 is 5.41. The molecule has 0 spiro atoms. The SMILES string of the molecule is N[C@H]1C2CC3CC1C[C@@](NC(=O)OCc1ccccc1)(C3)C2. The van der Waals surface area contributed by atoms with E-state index in [2.05, 4.69) is 5.32 Å². The molecule has 0 radical (unpaired) electrons. The van der Waals surface area contributed by atoms with E-state index in [1.54, 1.807) is 0 Å². The van der Waals surface area contributed by atoms with Gasteiger partial charge in [-0.3, -0.25) is 0 Å². The summed E-state index contributed by atoms with van der Waals surface area (Å²) in [4.78, 5) is 12.2. The molecule has 2 atom stereocenters. The number of carbonyl (C=O) groups is 1. The second-order valence-electron chi connectivity index (χ2n) is 7.51.